The Morgan fingerprint density at radius 1 is 1.14 bits per heavy atom. The number of hydrogen-bond donors (Lipinski definition) is 1. The SMILES string of the molecule is CCc1ccc(CC)c(C(=O)CSc2nnc(Nc3ccccc3OC)s2)c1. The summed E-state index contributed by atoms with van der Waals surface area (Å²) >= 11 is 2.85. The second-order valence-electron chi connectivity index (χ2n) is 6.11. The van der Waals surface area contributed by atoms with Crippen LogP contribution in [0.2, 0.25) is 0 Å². The Morgan fingerprint density at radius 2 is 1.96 bits per heavy atom. The summed E-state index contributed by atoms with van der Waals surface area (Å²) in [6.07, 6.45) is 1.77. The van der Waals surface area contributed by atoms with E-state index in [-0.39, 0.29) is 5.78 Å². The number of carbonyl (C=O) groups is 1. The average Bonchev–Trinajstić information content (AvgIpc) is 3.19. The molecule has 1 heterocycles. The number of anilines is 2. The van der Waals surface area contributed by atoms with Crippen molar-refractivity contribution in [2.45, 2.75) is 31.0 Å². The van der Waals surface area contributed by atoms with Gasteiger partial charge >= 0.3 is 0 Å². The monoisotopic (exact) mass is 413 g/mol. The van der Waals surface area contributed by atoms with E-state index in [0.29, 0.717) is 10.9 Å². The number of Topliss-reactive ketones (excluding diaryl/α,β-unsaturated/α-hetero) is 1. The van der Waals surface area contributed by atoms with Crippen LogP contribution >= 0.6 is 23.1 Å². The number of hydrogen-bond acceptors (Lipinski definition) is 7. The molecule has 146 valence electrons. The molecule has 1 N–H and O–H groups in total. The number of ether oxygens (including phenoxy) is 1. The lowest BCUT2D eigenvalue weighted by molar-refractivity contribution is 0.102. The van der Waals surface area contributed by atoms with Gasteiger partial charge in [-0.05, 0) is 42.2 Å². The van der Waals surface area contributed by atoms with Gasteiger partial charge in [0.25, 0.3) is 0 Å². The maximum Gasteiger partial charge on any atom is 0.210 e. The van der Waals surface area contributed by atoms with E-state index in [0.717, 1.165) is 39.7 Å². The third kappa shape index (κ3) is 4.91. The molecule has 0 bridgehead atoms. The van der Waals surface area contributed by atoms with Crippen molar-refractivity contribution >= 4 is 39.7 Å². The first-order valence-corrected chi connectivity index (χ1v) is 11.0. The van der Waals surface area contributed by atoms with Gasteiger partial charge in [-0.15, -0.1) is 10.2 Å². The topological polar surface area (TPSA) is 64.1 Å². The smallest absolute Gasteiger partial charge is 0.210 e. The standard InChI is InChI=1S/C21H23N3O2S2/c1-4-14-10-11-15(5-2)16(12-14)18(25)13-27-21-24-23-20(28-21)22-17-8-6-7-9-19(17)26-3/h6-12H,4-5,13H2,1-3H3,(H,22,23). The normalized spacial score (nSPS) is 10.7. The van der Waals surface area contributed by atoms with E-state index in [1.807, 2.05) is 30.3 Å². The number of nitrogens with one attached hydrogen (secondary N) is 1. The summed E-state index contributed by atoms with van der Waals surface area (Å²) in [5, 5.41) is 12.2. The van der Waals surface area contributed by atoms with Crippen molar-refractivity contribution in [3.63, 3.8) is 0 Å². The molecule has 0 saturated carbocycles. The van der Waals surface area contributed by atoms with Crippen LogP contribution in [0.15, 0.2) is 46.8 Å². The van der Waals surface area contributed by atoms with Gasteiger partial charge in [0.15, 0.2) is 10.1 Å². The average molecular weight is 414 g/mol. The van der Waals surface area contributed by atoms with Gasteiger partial charge in [-0.1, -0.05) is 61.2 Å². The molecule has 0 aliphatic carbocycles. The number of thioether (sulfide) groups is 1. The van der Waals surface area contributed by atoms with E-state index in [4.69, 9.17) is 4.74 Å². The second-order valence-corrected chi connectivity index (χ2v) is 8.31. The number of nitrogens with zero attached hydrogens (tertiary/aromatic N) is 2. The molecule has 2 aromatic carbocycles. The van der Waals surface area contributed by atoms with Gasteiger partial charge in [0.05, 0.1) is 18.6 Å². The molecular weight excluding hydrogens is 390 g/mol. The van der Waals surface area contributed by atoms with Gasteiger partial charge in [0.2, 0.25) is 5.13 Å². The van der Waals surface area contributed by atoms with Crippen molar-refractivity contribution in [1.82, 2.24) is 10.2 Å². The first-order chi connectivity index (χ1) is 13.6. The van der Waals surface area contributed by atoms with Crippen LogP contribution in [0.25, 0.3) is 0 Å². The molecule has 0 aliphatic heterocycles. The van der Waals surface area contributed by atoms with Crippen LogP contribution in [0, 0.1) is 0 Å². The number of aryl methyl sites for hydroxylation is 2. The Hall–Kier alpha value is -2.38. The van der Waals surface area contributed by atoms with Crippen molar-refractivity contribution in [1.29, 1.82) is 0 Å². The summed E-state index contributed by atoms with van der Waals surface area (Å²) in [7, 11) is 1.63. The van der Waals surface area contributed by atoms with E-state index in [1.54, 1.807) is 7.11 Å². The van der Waals surface area contributed by atoms with Crippen LogP contribution in [0.4, 0.5) is 10.8 Å². The van der Waals surface area contributed by atoms with Gasteiger partial charge in [-0.3, -0.25) is 4.79 Å². The molecule has 0 radical (unpaired) electrons. The molecule has 7 heteroatoms. The third-order valence-electron chi connectivity index (χ3n) is 4.35. The second kappa shape index (κ2) is 9.71. The van der Waals surface area contributed by atoms with Crippen molar-refractivity contribution in [3.05, 3.63) is 59.2 Å². The van der Waals surface area contributed by atoms with Crippen LogP contribution in [-0.4, -0.2) is 28.8 Å². The van der Waals surface area contributed by atoms with Crippen molar-refractivity contribution in [2.75, 3.05) is 18.2 Å². The molecule has 3 rings (SSSR count). The largest absolute Gasteiger partial charge is 0.495 e. The number of carbonyl (C=O) groups excluding carboxylic acids is 1. The first kappa shape index (κ1) is 20.4. The fourth-order valence-electron chi connectivity index (χ4n) is 2.80. The van der Waals surface area contributed by atoms with Gasteiger partial charge in [-0.2, -0.15) is 0 Å². The highest BCUT2D eigenvalue weighted by Crippen LogP contribution is 2.31. The first-order valence-electron chi connectivity index (χ1n) is 9.16. The fraction of sp³-hybridized carbons (Fsp3) is 0.286. The Morgan fingerprint density at radius 3 is 2.71 bits per heavy atom. The summed E-state index contributed by atoms with van der Waals surface area (Å²) in [6, 6.07) is 13.8. The van der Waals surface area contributed by atoms with E-state index in [1.165, 1.54) is 28.7 Å². The van der Waals surface area contributed by atoms with Crippen LogP contribution in [0.5, 0.6) is 5.75 Å². The summed E-state index contributed by atoms with van der Waals surface area (Å²) in [4.78, 5) is 12.8. The molecule has 0 unspecified atom stereocenters. The molecule has 0 aliphatic rings. The lowest BCUT2D eigenvalue weighted by Crippen LogP contribution is -2.07. The van der Waals surface area contributed by atoms with Gasteiger partial charge in [0.1, 0.15) is 5.75 Å². The molecule has 0 fully saturated rings. The highest BCUT2D eigenvalue weighted by Gasteiger charge is 2.14. The van der Waals surface area contributed by atoms with Crippen LogP contribution in [0.1, 0.15) is 35.3 Å². The maximum atomic E-state index is 12.8. The summed E-state index contributed by atoms with van der Waals surface area (Å²) in [5.74, 6) is 1.22. The molecule has 0 amide bonds. The molecule has 28 heavy (non-hydrogen) atoms. The predicted octanol–water partition coefficient (Wildman–Crippen LogP) is 5.39. The number of ketones is 1. The number of methoxy groups -OCH3 is 1. The van der Waals surface area contributed by atoms with Gasteiger partial charge in [-0.25, -0.2) is 0 Å². The van der Waals surface area contributed by atoms with Gasteiger partial charge < -0.3 is 10.1 Å². The summed E-state index contributed by atoms with van der Waals surface area (Å²) in [5.41, 5.74) is 3.94. The zero-order chi connectivity index (χ0) is 19.9. The highest BCUT2D eigenvalue weighted by molar-refractivity contribution is 8.01. The van der Waals surface area contributed by atoms with E-state index < -0.39 is 0 Å². The fourth-order valence-corrected chi connectivity index (χ4v) is 4.45. The van der Waals surface area contributed by atoms with E-state index in [2.05, 4.69) is 41.5 Å². The summed E-state index contributed by atoms with van der Waals surface area (Å²) in [6.45, 7) is 4.17. The molecular formula is C21H23N3O2S2. The molecule has 0 spiro atoms. The van der Waals surface area contributed by atoms with Crippen molar-refractivity contribution in [3.8, 4) is 5.75 Å². The third-order valence-corrected chi connectivity index (χ3v) is 6.32. The lowest BCUT2D eigenvalue weighted by Gasteiger charge is -2.08. The molecule has 5 nitrogen and oxygen atoms in total. The molecule has 3 aromatic rings. The molecule has 1 aromatic heterocycles. The minimum absolute atomic E-state index is 0.131. The minimum atomic E-state index is 0.131. The van der Waals surface area contributed by atoms with Crippen LogP contribution in [-0.2, 0) is 12.8 Å². The van der Waals surface area contributed by atoms with Crippen LogP contribution < -0.4 is 10.1 Å². The quantitative estimate of drug-likeness (QED) is 0.375. The number of aromatic nitrogens is 2. The van der Waals surface area contributed by atoms with Crippen LogP contribution in [0.3, 0.4) is 0 Å². The van der Waals surface area contributed by atoms with E-state index in [9.17, 15) is 4.79 Å². The molecule has 0 saturated heterocycles. The Bertz CT molecular complexity index is 956. The number of benzene rings is 2. The zero-order valence-corrected chi connectivity index (χ0v) is 17.8. The van der Waals surface area contributed by atoms with Gasteiger partial charge in [0, 0.05) is 5.56 Å². The predicted molar refractivity (Wildman–Crippen MR) is 116 cm³/mol. The maximum absolute atomic E-state index is 12.8. The summed E-state index contributed by atoms with van der Waals surface area (Å²) < 4.78 is 6.10. The Labute approximate surface area is 173 Å². The number of para-hydroxylation sites is 2. The highest BCUT2D eigenvalue weighted by atomic mass is 32.2. The zero-order valence-electron chi connectivity index (χ0n) is 16.2. The van der Waals surface area contributed by atoms with Crippen molar-refractivity contribution < 1.29 is 9.53 Å². The molecule has 0 atom stereocenters. The lowest BCUT2D eigenvalue weighted by atomic mass is 9.98. The minimum Gasteiger partial charge on any atom is -0.495 e. The van der Waals surface area contributed by atoms with E-state index >= 15 is 0 Å². The Balaban J connectivity index is 1.65. The number of rotatable bonds is 9. The Kier molecular flexibility index (Phi) is 7.06. The van der Waals surface area contributed by atoms with Crippen molar-refractivity contribution in [2.24, 2.45) is 0 Å².